The van der Waals surface area contributed by atoms with Crippen LogP contribution in [0.2, 0.25) is 0 Å². The molecule has 2 nitrogen and oxygen atoms in total. The molecule has 17 heavy (non-hydrogen) atoms. The summed E-state index contributed by atoms with van der Waals surface area (Å²) in [5.41, 5.74) is 4.47. The second-order valence-corrected chi connectivity index (χ2v) is 4.29. The number of likely N-dealkylation sites (N-methyl/N-ethyl adjacent to an activating group) is 1. The fraction of sp³-hybridized carbons (Fsp3) is 0.667. The average Bonchev–Trinajstić information content (AvgIpc) is 2.34. The molecule has 0 fully saturated rings. The van der Waals surface area contributed by atoms with Gasteiger partial charge in [-0.1, -0.05) is 31.7 Å². The highest BCUT2D eigenvalue weighted by Gasteiger charge is 2.07. The molecule has 0 bridgehead atoms. The van der Waals surface area contributed by atoms with Gasteiger partial charge < -0.3 is 9.64 Å². The summed E-state index contributed by atoms with van der Waals surface area (Å²) >= 11 is 0. The van der Waals surface area contributed by atoms with Crippen LogP contribution in [0.15, 0.2) is 29.2 Å². The van der Waals surface area contributed by atoms with E-state index in [1.54, 1.807) is 0 Å². The van der Waals surface area contributed by atoms with E-state index in [0.29, 0.717) is 6.04 Å². The minimum atomic E-state index is 0.434. The van der Waals surface area contributed by atoms with E-state index in [9.17, 15) is 0 Å². The van der Waals surface area contributed by atoms with Gasteiger partial charge in [0.25, 0.3) is 0 Å². The highest BCUT2D eigenvalue weighted by molar-refractivity contribution is 5.17. The van der Waals surface area contributed by atoms with Gasteiger partial charge in [-0.15, -0.1) is 0 Å². The van der Waals surface area contributed by atoms with Crippen LogP contribution in [0.3, 0.4) is 0 Å². The van der Waals surface area contributed by atoms with Gasteiger partial charge in [-0.25, -0.2) is 0 Å². The lowest BCUT2D eigenvalue weighted by molar-refractivity contribution is 0.129. The van der Waals surface area contributed by atoms with Crippen molar-refractivity contribution < 1.29 is 4.74 Å². The molecule has 0 aliphatic carbocycles. The number of ether oxygens (including phenoxy) is 1. The van der Waals surface area contributed by atoms with Crippen molar-refractivity contribution in [2.45, 2.75) is 47.1 Å². The molecular formula is C15H27NO. The molecule has 0 saturated carbocycles. The van der Waals surface area contributed by atoms with Crippen LogP contribution in [0, 0.1) is 0 Å². The van der Waals surface area contributed by atoms with Gasteiger partial charge in [-0.05, 0) is 39.4 Å². The Hall–Kier alpha value is -0.980. The largest absolute Gasteiger partial charge is 0.489 e. The second-order valence-electron chi connectivity index (χ2n) is 4.29. The molecular weight excluding hydrogens is 210 g/mol. The highest BCUT2D eigenvalue weighted by atomic mass is 16.5. The van der Waals surface area contributed by atoms with Crippen molar-refractivity contribution in [2.24, 2.45) is 0 Å². The zero-order valence-corrected chi connectivity index (χ0v) is 12.2. The van der Waals surface area contributed by atoms with E-state index in [0.717, 1.165) is 25.3 Å². The number of nitrogens with zero attached hydrogens (tertiary/aromatic N) is 1. The van der Waals surface area contributed by atoms with E-state index in [4.69, 9.17) is 4.74 Å². The van der Waals surface area contributed by atoms with Gasteiger partial charge in [0.15, 0.2) is 0 Å². The Morgan fingerprint density at radius 2 is 2.06 bits per heavy atom. The first kappa shape index (κ1) is 16.0. The van der Waals surface area contributed by atoms with Crippen molar-refractivity contribution in [3.63, 3.8) is 0 Å². The van der Waals surface area contributed by atoms with E-state index >= 15 is 0 Å². The van der Waals surface area contributed by atoms with Gasteiger partial charge in [-0.3, -0.25) is 0 Å². The zero-order chi connectivity index (χ0) is 13.3. The van der Waals surface area contributed by atoms with Crippen LogP contribution in [0.4, 0.5) is 0 Å². The second kappa shape index (κ2) is 9.09. The SMILES string of the molecule is C/C=C\C(=C=C(C)OCC(C)N(C)CC)CC. The smallest absolute Gasteiger partial charge is 0.135 e. The third-order valence-corrected chi connectivity index (χ3v) is 2.88. The topological polar surface area (TPSA) is 12.5 Å². The molecule has 0 amide bonds. The molecule has 1 atom stereocenters. The third kappa shape index (κ3) is 7.04. The summed E-state index contributed by atoms with van der Waals surface area (Å²) in [4.78, 5) is 2.27. The van der Waals surface area contributed by atoms with Crippen molar-refractivity contribution in [1.82, 2.24) is 4.90 Å². The first-order valence-electron chi connectivity index (χ1n) is 6.47. The summed E-state index contributed by atoms with van der Waals surface area (Å²) in [5.74, 6) is 0.872. The molecule has 0 rings (SSSR count). The third-order valence-electron chi connectivity index (χ3n) is 2.88. The molecule has 0 heterocycles. The molecule has 0 N–H and O–H groups in total. The van der Waals surface area contributed by atoms with Crippen LogP contribution >= 0.6 is 0 Å². The summed E-state index contributed by atoms with van der Waals surface area (Å²) < 4.78 is 5.71. The van der Waals surface area contributed by atoms with Crippen LogP contribution in [-0.2, 0) is 4.74 Å². The van der Waals surface area contributed by atoms with Gasteiger partial charge in [0.1, 0.15) is 12.4 Å². The predicted molar refractivity (Wildman–Crippen MR) is 75.0 cm³/mol. The van der Waals surface area contributed by atoms with Gasteiger partial charge in [0, 0.05) is 13.0 Å². The van der Waals surface area contributed by atoms with E-state index in [1.165, 1.54) is 5.57 Å². The standard InChI is InChI=1S/C15H27NO/c1-7-10-15(8-2)11-14(5)17-12-13(4)16(6)9-3/h7,10,13H,8-9,12H2,1-6H3/b10-7-. The minimum Gasteiger partial charge on any atom is -0.489 e. The van der Waals surface area contributed by atoms with Gasteiger partial charge >= 0.3 is 0 Å². The van der Waals surface area contributed by atoms with E-state index < -0.39 is 0 Å². The molecule has 0 aromatic carbocycles. The number of hydrogen-bond acceptors (Lipinski definition) is 2. The van der Waals surface area contributed by atoms with Crippen LogP contribution in [-0.4, -0.2) is 31.1 Å². The van der Waals surface area contributed by atoms with Crippen LogP contribution in [0.5, 0.6) is 0 Å². The maximum atomic E-state index is 5.71. The van der Waals surface area contributed by atoms with Gasteiger partial charge in [0.05, 0.1) is 0 Å². The molecule has 98 valence electrons. The number of hydrogen-bond donors (Lipinski definition) is 0. The first-order valence-corrected chi connectivity index (χ1v) is 6.47. The Labute approximate surface area is 107 Å². The van der Waals surface area contributed by atoms with Crippen molar-refractivity contribution in [1.29, 1.82) is 0 Å². The van der Waals surface area contributed by atoms with Crippen LogP contribution < -0.4 is 0 Å². The molecule has 1 unspecified atom stereocenters. The van der Waals surface area contributed by atoms with Crippen LogP contribution in [0.25, 0.3) is 0 Å². The normalized spacial score (nSPS) is 12.6. The summed E-state index contributed by atoms with van der Waals surface area (Å²) in [5, 5.41) is 0. The van der Waals surface area contributed by atoms with Crippen LogP contribution in [0.1, 0.15) is 41.0 Å². The molecule has 0 spiro atoms. The summed E-state index contributed by atoms with van der Waals surface area (Å²) in [6.45, 7) is 12.2. The summed E-state index contributed by atoms with van der Waals surface area (Å²) in [7, 11) is 2.11. The zero-order valence-electron chi connectivity index (χ0n) is 12.2. The first-order chi connectivity index (χ1) is 8.04. The molecule has 0 saturated heterocycles. The molecule has 2 heteroatoms. The fourth-order valence-corrected chi connectivity index (χ4v) is 1.40. The van der Waals surface area contributed by atoms with Crippen molar-refractivity contribution >= 4 is 0 Å². The molecule has 0 aromatic rings. The maximum absolute atomic E-state index is 5.71. The average molecular weight is 237 g/mol. The monoisotopic (exact) mass is 237 g/mol. The lowest BCUT2D eigenvalue weighted by Gasteiger charge is -2.22. The molecule has 0 radical (unpaired) electrons. The Morgan fingerprint density at radius 1 is 1.41 bits per heavy atom. The lowest BCUT2D eigenvalue weighted by Crippen LogP contribution is -2.32. The highest BCUT2D eigenvalue weighted by Crippen LogP contribution is 2.05. The number of allylic oxidation sites excluding steroid dienone is 3. The lowest BCUT2D eigenvalue weighted by atomic mass is 10.2. The van der Waals surface area contributed by atoms with Crippen molar-refractivity contribution in [2.75, 3.05) is 20.2 Å². The Kier molecular flexibility index (Phi) is 8.57. The molecule has 0 aliphatic heterocycles. The Balaban J connectivity index is 4.43. The minimum absolute atomic E-state index is 0.434. The molecule has 0 aromatic heterocycles. The fourth-order valence-electron chi connectivity index (χ4n) is 1.40. The van der Waals surface area contributed by atoms with E-state index in [2.05, 4.69) is 44.5 Å². The van der Waals surface area contributed by atoms with Crippen molar-refractivity contribution in [3.05, 3.63) is 29.2 Å². The number of rotatable bonds is 7. The summed E-state index contributed by atoms with van der Waals surface area (Å²) in [6, 6.07) is 0.434. The predicted octanol–water partition coefficient (Wildman–Crippen LogP) is 3.76. The van der Waals surface area contributed by atoms with E-state index in [-0.39, 0.29) is 0 Å². The molecule has 0 aliphatic rings. The van der Waals surface area contributed by atoms with E-state index in [1.807, 2.05) is 19.9 Å². The van der Waals surface area contributed by atoms with Crippen molar-refractivity contribution in [3.8, 4) is 0 Å². The quantitative estimate of drug-likeness (QED) is 0.380. The van der Waals surface area contributed by atoms with Gasteiger partial charge in [0.2, 0.25) is 0 Å². The Bertz CT molecular complexity index is 298. The maximum Gasteiger partial charge on any atom is 0.135 e. The Morgan fingerprint density at radius 3 is 2.53 bits per heavy atom. The van der Waals surface area contributed by atoms with Gasteiger partial charge in [-0.2, -0.15) is 0 Å². The summed E-state index contributed by atoms with van der Waals surface area (Å²) in [6.07, 6.45) is 5.09.